The van der Waals surface area contributed by atoms with E-state index in [0.717, 1.165) is 48.7 Å². The average Bonchev–Trinajstić information content (AvgIpc) is 3.12. The van der Waals surface area contributed by atoms with Gasteiger partial charge in [0.2, 0.25) is 0 Å². The smallest absolute Gasteiger partial charge is 0.325 e. The molecule has 148 valence electrons. The molecule has 0 saturated carbocycles. The number of thioether (sulfide) groups is 1. The van der Waals surface area contributed by atoms with Gasteiger partial charge in [0.05, 0.1) is 23.3 Å². The van der Waals surface area contributed by atoms with Crippen molar-refractivity contribution in [2.24, 2.45) is 0 Å². The number of carbonyl (C=O) groups excluding carboxylic acids is 3. The number of nitrogens with zero attached hydrogens (tertiary/aromatic N) is 2. The average molecular weight is 419 g/mol. The second-order valence-corrected chi connectivity index (χ2v) is 8.22. The highest BCUT2D eigenvalue weighted by molar-refractivity contribution is 8.26. The number of ether oxygens (including phenoxy) is 1. The topological polar surface area (TPSA) is 66.9 Å². The monoisotopic (exact) mass is 418 g/mol. The van der Waals surface area contributed by atoms with E-state index < -0.39 is 11.9 Å². The maximum Gasteiger partial charge on any atom is 0.325 e. The van der Waals surface area contributed by atoms with Crippen LogP contribution in [0.15, 0.2) is 29.2 Å². The summed E-state index contributed by atoms with van der Waals surface area (Å²) in [6.45, 7) is 2.50. The van der Waals surface area contributed by atoms with Gasteiger partial charge in [-0.25, -0.2) is 0 Å². The van der Waals surface area contributed by atoms with Gasteiger partial charge in [-0.1, -0.05) is 68.4 Å². The minimum absolute atomic E-state index is 0.184. The summed E-state index contributed by atoms with van der Waals surface area (Å²) in [6, 6.07) is 7.48. The van der Waals surface area contributed by atoms with Crippen molar-refractivity contribution in [1.29, 1.82) is 0 Å². The number of carbonyl (C=O) groups is 3. The van der Waals surface area contributed by atoms with Crippen LogP contribution < -0.4 is 4.90 Å². The first-order valence-electron chi connectivity index (χ1n) is 9.25. The van der Waals surface area contributed by atoms with Crippen LogP contribution in [0.2, 0.25) is 0 Å². The molecule has 0 bridgehead atoms. The van der Waals surface area contributed by atoms with Gasteiger partial charge in [0.15, 0.2) is 0 Å². The van der Waals surface area contributed by atoms with Crippen molar-refractivity contribution in [1.82, 2.24) is 4.90 Å². The molecule has 1 aromatic rings. The van der Waals surface area contributed by atoms with Gasteiger partial charge in [0.1, 0.15) is 10.9 Å². The van der Waals surface area contributed by atoms with Gasteiger partial charge in [0, 0.05) is 12.1 Å². The molecule has 0 radical (unpaired) electrons. The predicted octanol–water partition coefficient (Wildman–Crippen LogP) is 3.36. The molecule has 6 nitrogen and oxygen atoms in total. The Morgan fingerprint density at radius 3 is 2.57 bits per heavy atom. The zero-order valence-electron chi connectivity index (χ0n) is 15.9. The van der Waals surface area contributed by atoms with Crippen LogP contribution in [0.5, 0.6) is 0 Å². The molecule has 0 N–H and O–H groups in total. The Hall–Kier alpha value is -2.19. The third-order valence-electron chi connectivity index (χ3n) is 4.75. The Kier molecular flexibility index (Phi) is 6.51. The third kappa shape index (κ3) is 3.84. The van der Waals surface area contributed by atoms with E-state index in [-0.39, 0.29) is 21.7 Å². The zero-order chi connectivity index (χ0) is 20.3. The Morgan fingerprint density at radius 1 is 1.11 bits per heavy atom. The largest absolute Gasteiger partial charge is 0.468 e. The molecule has 1 aromatic carbocycles. The van der Waals surface area contributed by atoms with Crippen molar-refractivity contribution in [3.63, 3.8) is 0 Å². The number of hydrogen-bond acceptors (Lipinski definition) is 6. The molecule has 1 saturated heterocycles. The Morgan fingerprint density at radius 2 is 1.86 bits per heavy atom. The number of amides is 2. The molecule has 0 spiro atoms. The number of hydrogen-bond donors (Lipinski definition) is 0. The van der Waals surface area contributed by atoms with E-state index in [4.69, 9.17) is 12.2 Å². The lowest BCUT2D eigenvalue weighted by molar-refractivity contribution is -0.143. The lowest BCUT2D eigenvalue weighted by Crippen LogP contribution is -2.34. The fourth-order valence-electron chi connectivity index (χ4n) is 3.30. The molecular formula is C20H22N2O4S2. The van der Waals surface area contributed by atoms with Crippen LogP contribution in [0, 0.1) is 0 Å². The normalized spacial score (nSPS) is 18.9. The first-order chi connectivity index (χ1) is 13.5. The molecule has 2 aliphatic heterocycles. The molecule has 28 heavy (non-hydrogen) atoms. The predicted molar refractivity (Wildman–Crippen MR) is 114 cm³/mol. The molecule has 3 rings (SSSR count). The molecule has 2 aliphatic rings. The fraction of sp³-hybridized carbons (Fsp3) is 0.400. The van der Waals surface area contributed by atoms with E-state index >= 15 is 0 Å². The molecule has 2 heterocycles. The summed E-state index contributed by atoms with van der Waals surface area (Å²) < 4.78 is 4.89. The number of methoxy groups -OCH3 is 1. The van der Waals surface area contributed by atoms with Crippen LogP contribution in [-0.2, 0) is 19.1 Å². The van der Waals surface area contributed by atoms with E-state index in [1.165, 1.54) is 12.0 Å². The number of benzene rings is 1. The molecule has 1 fully saturated rings. The van der Waals surface area contributed by atoms with Gasteiger partial charge in [-0.05, 0) is 12.5 Å². The van der Waals surface area contributed by atoms with Gasteiger partial charge in [-0.2, -0.15) is 0 Å². The van der Waals surface area contributed by atoms with Gasteiger partial charge in [-0.15, -0.1) is 0 Å². The van der Waals surface area contributed by atoms with Crippen LogP contribution in [0.3, 0.4) is 0 Å². The van der Waals surface area contributed by atoms with Crippen LogP contribution in [-0.4, -0.2) is 47.2 Å². The summed E-state index contributed by atoms with van der Waals surface area (Å²) in [5.41, 5.74) is 1.93. The van der Waals surface area contributed by atoms with Gasteiger partial charge < -0.3 is 9.64 Å². The summed E-state index contributed by atoms with van der Waals surface area (Å²) in [5.74, 6) is -1.17. The second kappa shape index (κ2) is 8.87. The molecule has 0 unspecified atom stereocenters. The Bertz CT molecular complexity index is 866. The maximum atomic E-state index is 13.2. The van der Waals surface area contributed by atoms with Crippen molar-refractivity contribution in [3.8, 4) is 0 Å². The summed E-state index contributed by atoms with van der Waals surface area (Å²) in [6.07, 6.45) is 4.21. The first-order valence-corrected chi connectivity index (χ1v) is 10.5. The second-order valence-electron chi connectivity index (χ2n) is 6.57. The molecule has 8 heteroatoms. The highest BCUT2D eigenvalue weighted by Crippen LogP contribution is 2.44. The summed E-state index contributed by atoms with van der Waals surface area (Å²) in [5, 5.41) is 0. The number of esters is 1. The molecule has 0 aromatic heterocycles. The van der Waals surface area contributed by atoms with E-state index in [1.54, 1.807) is 4.90 Å². The summed E-state index contributed by atoms with van der Waals surface area (Å²) in [4.78, 5) is 40.9. The number of rotatable bonds is 7. The Labute approximate surface area is 173 Å². The molecule has 2 amide bonds. The zero-order valence-corrected chi connectivity index (χ0v) is 17.5. The first kappa shape index (κ1) is 20.5. The molecule has 0 atom stereocenters. The third-order valence-corrected chi connectivity index (χ3v) is 6.20. The lowest BCUT2D eigenvalue weighted by Gasteiger charge is -2.16. The van der Waals surface area contributed by atoms with Crippen molar-refractivity contribution in [2.75, 3.05) is 25.1 Å². The van der Waals surface area contributed by atoms with Gasteiger partial charge >= 0.3 is 5.97 Å². The highest BCUT2D eigenvalue weighted by Gasteiger charge is 2.42. The Balaban J connectivity index is 1.93. The summed E-state index contributed by atoms with van der Waals surface area (Å²) >= 11 is 6.33. The van der Waals surface area contributed by atoms with E-state index in [2.05, 4.69) is 11.7 Å². The summed E-state index contributed by atoms with van der Waals surface area (Å²) in [7, 11) is 1.26. The van der Waals surface area contributed by atoms with Crippen molar-refractivity contribution < 1.29 is 19.1 Å². The number of unbranched alkanes of at least 4 members (excludes halogenated alkanes) is 3. The van der Waals surface area contributed by atoms with Crippen molar-refractivity contribution in [2.45, 2.75) is 32.6 Å². The van der Waals surface area contributed by atoms with Gasteiger partial charge in [-0.3, -0.25) is 19.3 Å². The quantitative estimate of drug-likeness (QED) is 0.293. The van der Waals surface area contributed by atoms with E-state index in [9.17, 15) is 14.4 Å². The number of fused-ring (bicyclic) bond motifs is 1. The van der Waals surface area contributed by atoms with Crippen molar-refractivity contribution in [3.05, 3.63) is 34.7 Å². The van der Waals surface area contributed by atoms with E-state index in [0.29, 0.717) is 12.1 Å². The fourth-order valence-corrected chi connectivity index (χ4v) is 4.62. The van der Waals surface area contributed by atoms with Gasteiger partial charge in [0.25, 0.3) is 11.8 Å². The minimum atomic E-state index is -0.557. The molecule has 0 aliphatic carbocycles. The number of anilines is 1. The lowest BCUT2D eigenvalue weighted by atomic mass is 10.1. The van der Waals surface area contributed by atoms with Crippen LogP contribution in [0.4, 0.5) is 5.69 Å². The SMILES string of the molecule is CCCCCCN1C(=O)/C(=C2\SC(=S)N(CC(=O)OC)C2=O)c2ccccc21. The minimum Gasteiger partial charge on any atom is -0.468 e. The van der Waals surface area contributed by atoms with Crippen LogP contribution in [0.1, 0.15) is 38.2 Å². The highest BCUT2D eigenvalue weighted by atomic mass is 32.2. The number of para-hydroxylation sites is 1. The van der Waals surface area contributed by atoms with Crippen molar-refractivity contribution >= 4 is 57.3 Å². The maximum absolute atomic E-state index is 13.2. The van der Waals surface area contributed by atoms with E-state index in [1.807, 2.05) is 24.3 Å². The van der Waals surface area contributed by atoms with Crippen LogP contribution in [0.25, 0.3) is 5.57 Å². The molecular weight excluding hydrogens is 396 g/mol. The van der Waals surface area contributed by atoms with Crippen LogP contribution >= 0.6 is 24.0 Å². The number of thiocarbonyl (C=S) groups is 1. The standard InChI is InChI=1S/C20H22N2O4S2/c1-3-4-5-8-11-21-14-10-7-6-9-13(14)16(18(21)24)17-19(25)22(20(27)28-17)12-15(23)26-2/h6-7,9-10H,3-5,8,11-12H2,1-2H3/b17-16-.